The van der Waals surface area contributed by atoms with Crippen LogP contribution in [-0.2, 0) is 16.8 Å². The van der Waals surface area contributed by atoms with Crippen molar-refractivity contribution in [1.82, 2.24) is 5.32 Å². The van der Waals surface area contributed by atoms with Gasteiger partial charge in [-0.3, -0.25) is 4.79 Å². The number of amides is 1. The van der Waals surface area contributed by atoms with Crippen LogP contribution in [0.15, 0.2) is 48.5 Å². The number of halogens is 2. The summed E-state index contributed by atoms with van der Waals surface area (Å²) in [6.07, 6.45) is 5.34. The molecule has 1 fully saturated rings. The van der Waals surface area contributed by atoms with Crippen LogP contribution < -0.4 is 11.1 Å². The average Bonchev–Trinajstić information content (AvgIpc) is 3.04. The Balaban J connectivity index is 0.00000225. The quantitative estimate of drug-likeness (QED) is 0.729. The molecule has 3 N–H and O–H groups in total. The second kappa shape index (κ2) is 8.59. The Hall–Kier alpha value is -1.71. The average molecular weight is 379 g/mol. The van der Waals surface area contributed by atoms with E-state index in [2.05, 4.69) is 5.32 Å². The minimum absolute atomic E-state index is 0. The molecule has 0 bridgehead atoms. The van der Waals surface area contributed by atoms with Gasteiger partial charge >= 0.3 is 0 Å². The molecule has 3 rings (SSSR count). The Kier molecular flexibility index (Phi) is 6.74. The molecule has 1 saturated carbocycles. The molecule has 0 spiro atoms. The van der Waals surface area contributed by atoms with Gasteiger partial charge in [0.15, 0.2) is 0 Å². The van der Waals surface area contributed by atoms with Crippen LogP contribution in [-0.4, -0.2) is 5.91 Å². The minimum atomic E-state index is -0.246. The second-order valence-electron chi connectivity index (χ2n) is 6.54. The molecule has 1 aliphatic carbocycles. The van der Waals surface area contributed by atoms with Gasteiger partial charge in [-0.2, -0.15) is 0 Å². The van der Waals surface area contributed by atoms with Gasteiger partial charge in [0.25, 0.3) is 0 Å². The van der Waals surface area contributed by atoms with Gasteiger partial charge in [-0.05, 0) is 48.6 Å². The predicted octanol–water partition coefficient (Wildman–Crippen LogP) is 4.86. The van der Waals surface area contributed by atoms with E-state index in [0.717, 1.165) is 47.5 Å². The van der Waals surface area contributed by atoms with Crippen LogP contribution in [0, 0.1) is 0 Å². The highest BCUT2D eigenvalue weighted by Gasteiger charge is 2.36. The highest BCUT2D eigenvalue weighted by atomic mass is 35.5. The van der Waals surface area contributed by atoms with E-state index in [-0.39, 0.29) is 23.9 Å². The van der Waals surface area contributed by atoms with E-state index >= 15 is 0 Å². The lowest BCUT2D eigenvalue weighted by molar-refractivity contribution is -0.123. The van der Waals surface area contributed by atoms with Crippen molar-refractivity contribution in [1.29, 1.82) is 0 Å². The number of benzene rings is 2. The summed E-state index contributed by atoms with van der Waals surface area (Å²) in [6, 6.07) is 15.6. The van der Waals surface area contributed by atoms with E-state index in [1.165, 1.54) is 0 Å². The van der Waals surface area contributed by atoms with E-state index in [1.807, 2.05) is 48.5 Å². The Morgan fingerprint density at radius 3 is 2.36 bits per heavy atom. The second-order valence-corrected chi connectivity index (χ2v) is 6.98. The van der Waals surface area contributed by atoms with Gasteiger partial charge < -0.3 is 11.1 Å². The molecule has 25 heavy (non-hydrogen) atoms. The van der Waals surface area contributed by atoms with Crippen molar-refractivity contribution in [3.05, 3.63) is 64.7 Å². The zero-order chi connectivity index (χ0) is 17.0. The normalized spacial score (nSPS) is 15.4. The number of nitrogen functional groups attached to an aromatic ring is 1. The van der Waals surface area contributed by atoms with Crippen LogP contribution in [0.25, 0.3) is 0 Å². The van der Waals surface area contributed by atoms with Crippen molar-refractivity contribution in [2.75, 3.05) is 5.73 Å². The van der Waals surface area contributed by atoms with Crippen LogP contribution >= 0.6 is 24.0 Å². The lowest BCUT2D eigenvalue weighted by atomic mass is 9.88. The summed E-state index contributed by atoms with van der Waals surface area (Å²) < 4.78 is 0. The standard InChI is InChI=1S/C20H23ClN2O.ClH/c21-17-10-8-16(9-11-17)20(13-3-4-14-20)23-19(24)12-7-15-5-1-2-6-18(15)22;/h1-2,5-6,8-11H,3-4,7,12-14,22H2,(H,23,24);1H. The van der Waals surface area contributed by atoms with Crippen molar-refractivity contribution < 1.29 is 4.79 Å². The number of nitrogens with two attached hydrogens (primary N) is 1. The van der Waals surface area contributed by atoms with Crippen molar-refractivity contribution in [3.8, 4) is 0 Å². The number of aryl methyl sites for hydroxylation is 1. The van der Waals surface area contributed by atoms with Crippen molar-refractivity contribution in [3.63, 3.8) is 0 Å². The third-order valence-corrected chi connectivity index (χ3v) is 5.16. The molecular formula is C20H24Cl2N2O. The van der Waals surface area contributed by atoms with Crippen LogP contribution in [0.3, 0.4) is 0 Å². The Morgan fingerprint density at radius 2 is 1.72 bits per heavy atom. The van der Waals surface area contributed by atoms with E-state index in [0.29, 0.717) is 12.8 Å². The summed E-state index contributed by atoms with van der Waals surface area (Å²) in [4.78, 5) is 12.6. The maximum atomic E-state index is 12.6. The molecule has 0 unspecified atom stereocenters. The molecule has 0 aromatic heterocycles. The molecule has 0 heterocycles. The number of hydrogen-bond acceptors (Lipinski definition) is 2. The zero-order valence-electron chi connectivity index (χ0n) is 14.1. The molecule has 0 aliphatic heterocycles. The first-order valence-corrected chi connectivity index (χ1v) is 8.87. The molecule has 0 saturated heterocycles. The van der Waals surface area contributed by atoms with E-state index in [1.54, 1.807) is 0 Å². The fourth-order valence-corrected chi connectivity index (χ4v) is 3.70. The monoisotopic (exact) mass is 378 g/mol. The van der Waals surface area contributed by atoms with Gasteiger partial charge in [0.05, 0.1) is 5.54 Å². The van der Waals surface area contributed by atoms with E-state index < -0.39 is 0 Å². The van der Waals surface area contributed by atoms with E-state index in [4.69, 9.17) is 17.3 Å². The first kappa shape index (κ1) is 19.6. The lowest BCUT2D eigenvalue weighted by Crippen LogP contribution is -2.43. The van der Waals surface area contributed by atoms with Crippen LogP contribution in [0.5, 0.6) is 0 Å². The smallest absolute Gasteiger partial charge is 0.221 e. The lowest BCUT2D eigenvalue weighted by Gasteiger charge is -2.31. The third-order valence-electron chi connectivity index (χ3n) is 4.91. The summed E-state index contributed by atoms with van der Waals surface area (Å²) in [6.45, 7) is 0. The van der Waals surface area contributed by atoms with Crippen molar-refractivity contribution >= 4 is 35.6 Å². The summed E-state index contributed by atoms with van der Waals surface area (Å²) in [7, 11) is 0. The molecule has 1 amide bonds. The van der Waals surface area contributed by atoms with Crippen molar-refractivity contribution in [2.24, 2.45) is 0 Å². The third kappa shape index (κ3) is 4.68. The highest BCUT2D eigenvalue weighted by molar-refractivity contribution is 6.30. The van der Waals surface area contributed by atoms with Gasteiger partial charge in [-0.1, -0.05) is 54.8 Å². The summed E-state index contributed by atoms with van der Waals surface area (Å²) in [5.41, 5.74) is 8.64. The number of carbonyl (C=O) groups is 1. The first-order valence-electron chi connectivity index (χ1n) is 8.49. The molecule has 1 aliphatic rings. The molecule has 5 heteroatoms. The molecule has 0 radical (unpaired) electrons. The fourth-order valence-electron chi connectivity index (χ4n) is 3.57. The first-order chi connectivity index (χ1) is 11.6. The SMILES string of the molecule is Cl.Nc1ccccc1CCC(=O)NC1(c2ccc(Cl)cc2)CCCC1. The van der Waals surface area contributed by atoms with Gasteiger partial charge in [0, 0.05) is 17.1 Å². The zero-order valence-corrected chi connectivity index (χ0v) is 15.7. The Labute approximate surface area is 160 Å². The minimum Gasteiger partial charge on any atom is -0.399 e. The number of nitrogens with one attached hydrogen (secondary N) is 1. The Bertz CT molecular complexity index is 710. The molecule has 134 valence electrons. The number of carbonyl (C=O) groups excluding carboxylic acids is 1. The number of anilines is 1. The molecule has 3 nitrogen and oxygen atoms in total. The summed E-state index contributed by atoms with van der Waals surface area (Å²) in [5, 5.41) is 4.02. The summed E-state index contributed by atoms with van der Waals surface area (Å²) in [5.74, 6) is 0.0788. The molecule has 2 aromatic rings. The van der Waals surface area contributed by atoms with Crippen LogP contribution in [0.2, 0.25) is 5.02 Å². The fraction of sp³-hybridized carbons (Fsp3) is 0.350. The van der Waals surface area contributed by atoms with Gasteiger partial charge in [-0.15, -0.1) is 12.4 Å². The van der Waals surface area contributed by atoms with Gasteiger partial charge in [0.2, 0.25) is 5.91 Å². The molecular weight excluding hydrogens is 355 g/mol. The highest BCUT2D eigenvalue weighted by Crippen LogP contribution is 2.39. The largest absolute Gasteiger partial charge is 0.399 e. The Morgan fingerprint density at radius 1 is 1.08 bits per heavy atom. The van der Waals surface area contributed by atoms with Crippen LogP contribution in [0.4, 0.5) is 5.69 Å². The topological polar surface area (TPSA) is 55.1 Å². The number of hydrogen-bond donors (Lipinski definition) is 2. The number of rotatable bonds is 5. The predicted molar refractivity (Wildman–Crippen MR) is 106 cm³/mol. The number of para-hydroxylation sites is 1. The van der Waals surface area contributed by atoms with Gasteiger partial charge in [-0.25, -0.2) is 0 Å². The summed E-state index contributed by atoms with van der Waals surface area (Å²) >= 11 is 6.00. The molecule has 2 aromatic carbocycles. The van der Waals surface area contributed by atoms with Crippen LogP contribution in [0.1, 0.15) is 43.2 Å². The molecule has 0 atom stereocenters. The van der Waals surface area contributed by atoms with E-state index in [9.17, 15) is 4.79 Å². The maximum Gasteiger partial charge on any atom is 0.221 e. The van der Waals surface area contributed by atoms with Gasteiger partial charge in [0.1, 0.15) is 0 Å². The van der Waals surface area contributed by atoms with Crippen molar-refractivity contribution in [2.45, 2.75) is 44.1 Å². The maximum absolute atomic E-state index is 12.6.